The van der Waals surface area contributed by atoms with Crippen molar-refractivity contribution in [2.45, 2.75) is 26.4 Å². The summed E-state index contributed by atoms with van der Waals surface area (Å²) >= 11 is 6.52. The van der Waals surface area contributed by atoms with Crippen molar-refractivity contribution in [3.8, 4) is 11.5 Å². The number of ether oxygens (including phenoxy) is 2. The lowest BCUT2D eigenvalue weighted by molar-refractivity contribution is -0.137. The van der Waals surface area contributed by atoms with Gasteiger partial charge in [0, 0.05) is 18.5 Å². The SMILES string of the molecule is COc1ccc(/C=C2\SC(=S)N(CCCC(=O)O)C2=O)cc1COc1ccc(C)cc1. The monoisotopic (exact) mass is 457 g/mol. The van der Waals surface area contributed by atoms with Crippen LogP contribution in [0.3, 0.4) is 0 Å². The van der Waals surface area contributed by atoms with Gasteiger partial charge in [-0.25, -0.2) is 0 Å². The topological polar surface area (TPSA) is 76.1 Å². The molecular formula is C23H23NO5S2. The Labute approximate surface area is 190 Å². The summed E-state index contributed by atoms with van der Waals surface area (Å²) in [6, 6.07) is 13.4. The predicted octanol–water partition coefficient (Wildman–Crippen LogP) is 4.65. The number of thioether (sulfide) groups is 1. The smallest absolute Gasteiger partial charge is 0.303 e. The number of amides is 1. The summed E-state index contributed by atoms with van der Waals surface area (Å²) < 4.78 is 11.8. The first-order chi connectivity index (χ1) is 14.9. The zero-order valence-corrected chi connectivity index (χ0v) is 18.9. The largest absolute Gasteiger partial charge is 0.496 e. The molecule has 31 heavy (non-hydrogen) atoms. The van der Waals surface area contributed by atoms with Crippen molar-refractivity contribution in [1.29, 1.82) is 0 Å². The van der Waals surface area contributed by atoms with Gasteiger partial charge in [-0.3, -0.25) is 14.5 Å². The van der Waals surface area contributed by atoms with Crippen LogP contribution >= 0.6 is 24.0 Å². The number of nitrogens with zero attached hydrogens (tertiary/aromatic N) is 1. The van der Waals surface area contributed by atoms with E-state index in [1.807, 2.05) is 49.4 Å². The Morgan fingerprint density at radius 1 is 1.23 bits per heavy atom. The summed E-state index contributed by atoms with van der Waals surface area (Å²) in [7, 11) is 1.60. The lowest BCUT2D eigenvalue weighted by atomic mass is 10.1. The number of thiocarbonyl (C=S) groups is 1. The first kappa shape index (κ1) is 22.8. The number of carbonyl (C=O) groups excluding carboxylic acids is 1. The van der Waals surface area contributed by atoms with Gasteiger partial charge in [0.25, 0.3) is 5.91 Å². The fourth-order valence-corrected chi connectivity index (χ4v) is 4.34. The van der Waals surface area contributed by atoms with Gasteiger partial charge in [0.05, 0.1) is 12.0 Å². The number of hydrogen-bond acceptors (Lipinski definition) is 6. The van der Waals surface area contributed by atoms with Crippen molar-refractivity contribution < 1.29 is 24.2 Å². The highest BCUT2D eigenvalue weighted by Crippen LogP contribution is 2.33. The Morgan fingerprint density at radius 3 is 2.65 bits per heavy atom. The summed E-state index contributed by atoms with van der Waals surface area (Å²) in [5.74, 6) is 0.374. The van der Waals surface area contributed by atoms with Gasteiger partial charge in [0.1, 0.15) is 22.4 Å². The summed E-state index contributed by atoms with van der Waals surface area (Å²) in [6.07, 6.45) is 2.14. The minimum Gasteiger partial charge on any atom is -0.496 e. The van der Waals surface area contributed by atoms with E-state index >= 15 is 0 Å². The van der Waals surface area contributed by atoms with E-state index in [0.717, 1.165) is 22.4 Å². The van der Waals surface area contributed by atoms with Crippen LogP contribution in [0, 0.1) is 6.92 Å². The first-order valence-electron chi connectivity index (χ1n) is 9.71. The second kappa shape index (κ2) is 10.5. The molecule has 0 radical (unpaired) electrons. The molecule has 0 saturated carbocycles. The molecule has 1 aliphatic rings. The molecule has 6 nitrogen and oxygen atoms in total. The highest BCUT2D eigenvalue weighted by molar-refractivity contribution is 8.26. The van der Waals surface area contributed by atoms with Crippen LogP contribution in [0.25, 0.3) is 6.08 Å². The van der Waals surface area contributed by atoms with Crippen molar-refractivity contribution in [3.63, 3.8) is 0 Å². The van der Waals surface area contributed by atoms with Gasteiger partial charge in [0.15, 0.2) is 0 Å². The van der Waals surface area contributed by atoms with E-state index in [1.54, 1.807) is 13.2 Å². The maximum Gasteiger partial charge on any atom is 0.303 e. The molecule has 0 bridgehead atoms. The van der Waals surface area contributed by atoms with E-state index in [0.29, 0.717) is 34.5 Å². The zero-order valence-electron chi connectivity index (χ0n) is 17.3. The standard InChI is InChI=1S/C23H23NO5S2/c1-15-5-8-18(9-6-15)29-14-17-12-16(7-10-19(17)28-2)13-20-22(27)24(23(30)31-20)11-3-4-21(25)26/h5-10,12-13H,3-4,11,14H2,1-2H3,(H,25,26)/b20-13-. The normalized spacial score (nSPS) is 14.9. The van der Waals surface area contributed by atoms with Crippen molar-refractivity contribution in [3.05, 3.63) is 64.1 Å². The van der Waals surface area contributed by atoms with Crippen LogP contribution in [-0.4, -0.2) is 39.9 Å². The van der Waals surface area contributed by atoms with E-state index in [1.165, 1.54) is 16.7 Å². The highest BCUT2D eigenvalue weighted by Gasteiger charge is 2.31. The Balaban J connectivity index is 1.73. The van der Waals surface area contributed by atoms with Gasteiger partial charge >= 0.3 is 5.97 Å². The number of carboxylic acid groups (broad SMARTS) is 1. The van der Waals surface area contributed by atoms with E-state index in [4.69, 9.17) is 26.8 Å². The fourth-order valence-electron chi connectivity index (χ4n) is 3.03. The molecule has 8 heteroatoms. The maximum atomic E-state index is 12.7. The number of hydrogen-bond donors (Lipinski definition) is 1. The third kappa shape index (κ3) is 6.08. The second-order valence-corrected chi connectivity index (χ2v) is 8.68. The van der Waals surface area contributed by atoms with Crippen molar-refractivity contribution in [2.75, 3.05) is 13.7 Å². The molecule has 0 unspecified atom stereocenters. The molecule has 2 aromatic carbocycles. The summed E-state index contributed by atoms with van der Waals surface area (Å²) in [4.78, 5) is 25.4. The lowest BCUT2D eigenvalue weighted by Gasteiger charge is -2.13. The highest BCUT2D eigenvalue weighted by atomic mass is 32.2. The van der Waals surface area contributed by atoms with Gasteiger partial charge < -0.3 is 14.6 Å². The lowest BCUT2D eigenvalue weighted by Crippen LogP contribution is -2.29. The second-order valence-electron chi connectivity index (χ2n) is 7.00. The molecule has 2 aromatic rings. The molecule has 1 N–H and O–H groups in total. The minimum absolute atomic E-state index is 0.00106. The van der Waals surface area contributed by atoms with Gasteiger partial charge in [-0.2, -0.15) is 0 Å². The van der Waals surface area contributed by atoms with Gasteiger partial charge in [-0.1, -0.05) is 47.7 Å². The molecule has 1 saturated heterocycles. The predicted molar refractivity (Wildman–Crippen MR) is 125 cm³/mol. The molecular weight excluding hydrogens is 434 g/mol. The molecule has 0 aliphatic carbocycles. The van der Waals surface area contributed by atoms with Crippen molar-refractivity contribution in [2.24, 2.45) is 0 Å². The number of methoxy groups -OCH3 is 1. The average Bonchev–Trinajstić information content (AvgIpc) is 3.00. The molecule has 0 atom stereocenters. The van der Waals surface area contributed by atoms with Crippen LogP contribution in [0.2, 0.25) is 0 Å². The molecule has 162 valence electrons. The molecule has 1 aliphatic heterocycles. The van der Waals surface area contributed by atoms with E-state index < -0.39 is 5.97 Å². The third-order valence-corrected chi connectivity index (χ3v) is 6.04. The molecule has 0 aromatic heterocycles. The number of carbonyl (C=O) groups is 2. The Kier molecular flexibility index (Phi) is 7.70. The fraction of sp³-hybridized carbons (Fsp3) is 0.261. The van der Waals surface area contributed by atoms with Gasteiger partial charge in [0.2, 0.25) is 0 Å². The number of benzene rings is 2. The van der Waals surface area contributed by atoms with Crippen LogP contribution in [0.5, 0.6) is 11.5 Å². The Bertz CT molecular complexity index is 1020. The molecule has 1 heterocycles. The first-order valence-corrected chi connectivity index (χ1v) is 10.9. The number of carboxylic acids is 1. The molecule has 1 fully saturated rings. The van der Waals surface area contributed by atoms with Crippen molar-refractivity contribution in [1.82, 2.24) is 4.90 Å². The zero-order chi connectivity index (χ0) is 22.4. The minimum atomic E-state index is -0.889. The quantitative estimate of drug-likeness (QED) is 0.434. The summed E-state index contributed by atoms with van der Waals surface area (Å²) in [5.41, 5.74) is 2.84. The maximum absolute atomic E-state index is 12.7. The van der Waals surface area contributed by atoms with Crippen LogP contribution in [0.4, 0.5) is 0 Å². The Morgan fingerprint density at radius 2 is 1.97 bits per heavy atom. The number of rotatable bonds is 9. The van der Waals surface area contributed by atoms with E-state index in [2.05, 4.69) is 0 Å². The van der Waals surface area contributed by atoms with Crippen LogP contribution in [0.15, 0.2) is 47.4 Å². The van der Waals surface area contributed by atoms with Crippen molar-refractivity contribution >= 4 is 46.3 Å². The molecule has 0 spiro atoms. The van der Waals surface area contributed by atoms with Gasteiger partial charge in [-0.05, 0) is 49.2 Å². The summed E-state index contributed by atoms with van der Waals surface area (Å²) in [5, 5.41) is 8.79. The number of aliphatic carboxylic acids is 1. The van der Waals surface area contributed by atoms with Gasteiger partial charge in [-0.15, -0.1) is 0 Å². The molecule has 1 amide bonds. The molecule has 3 rings (SSSR count). The van der Waals surface area contributed by atoms with E-state index in [-0.39, 0.29) is 12.3 Å². The van der Waals surface area contributed by atoms with Crippen LogP contribution in [0.1, 0.15) is 29.5 Å². The van der Waals surface area contributed by atoms with Crippen LogP contribution in [-0.2, 0) is 16.2 Å². The van der Waals surface area contributed by atoms with E-state index in [9.17, 15) is 9.59 Å². The average molecular weight is 458 g/mol. The third-order valence-electron chi connectivity index (χ3n) is 4.66. The number of aryl methyl sites for hydroxylation is 1. The summed E-state index contributed by atoms with van der Waals surface area (Å²) in [6.45, 7) is 2.64. The van der Waals surface area contributed by atoms with Crippen LogP contribution < -0.4 is 9.47 Å². The Hall–Kier alpha value is -2.84.